The SMILES string of the molecule is CCn1cnc2c1c(=O)[nH]c(=O)n2Cc1ccc(CNS(=O)(=O)c2ccc3c(c2)CCCC(=O)N3)c2ccccc12. The van der Waals surface area contributed by atoms with Gasteiger partial charge in [-0.2, -0.15) is 0 Å². The van der Waals surface area contributed by atoms with E-state index in [1.54, 1.807) is 23.0 Å². The summed E-state index contributed by atoms with van der Waals surface area (Å²) in [6, 6.07) is 16.0. The number of H-pyrrole nitrogens is 1. The predicted molar refractivity (Wildman–Crippen MR) is 155 cm³/mol. The van der Waals surface area contributed by atoms with Crippen LogP contribution in [0.15, 0.2) is 75.4 Å². The maximum Gasteiger partial charge on any atom is 0.330 e. The number of imidazole rings is 1. The molecule has 0 spiro atoms. The van der Waals surface area contributed by atoms with Gasteiger partial charge in [0.2, 0.25) is 15.9 Å². The van der Waals surface area contributed by atoms with Gasteiger partial charge in [-0.05, 0) is 65.4 Å². The van der Waals surface area contributed by atoms with E-state index >= 15 is 0 Å². The largest absolute Gasteiger partial charge is 0.330 e. The van der Waals surface area contributed by atoms with Crippen LogP contribution in [0.3, 0.4) is 0 Å². The lowest BCUT2D eigenvalue weighted by atomic mass is 9.99. The summed E-state index contributed by atoms with van der Waals surface area (Å²) in [7, 11) is -3.83. The first-order valence-electron chi connectivity index (χ1n) is 13.3. The summed E-state index contributed by atoms with van der Waals surface area (Å²) in [4.78, 5) is 44.0. The molecular formula is C29H28N6O5S. The van der Waals surface area contributed by atoms with Crippen molar-refractivity contribution in [1.29, 1.82) is 0 Å². The summed E-state index contributed by atoms with van der Waals surface area (Å²) < 4.78 is 32.3. The van der Waals surface area contributed by atoms with Crippen molar-refractivity contribution in [3.63, 3.8) is 0 Å². The van der Waals surface area contributed by atoms with E-state index in [2.05, 4.69) is 20.0 Å². The average Bonchev–Trinajstić information content (AvgIpc) is 3.30. The van der Waals surface area contributed by atoms with E-state index in [0.717, 1.165) is 27.5 Å². The Balaban J connectivity index is 1.30. The van der Waals surface area contributed by atoms with Gasteiger partial charge < -0.3 is 9.88 Å². The van der Waals surface area contributed by atoms with Gasteiger partial charge in [0, 0.05) is 25.2 Å². The van der Waals surface area contributed by atoms with Crippen LogP contribution in [-0.4, -0.2) is 33.4 Å². The molecule has 1 aliphatic rings. The Morgan fingerprint density at radius 2 is 1.73 bits per heavy atom. The number of rotatable bonds is 7. The molecule has 0 bridgehead atoms. The van der Waals surface area contributed by atoms with Gasteiger partial charge in [-0.3, -0.25) is 19.1 Å². The molecule has 3 heterocycles. The topological polar surface area (TPSA) is 148 Å². The normalized spacial score (nSPS) is 13.7. The minimum absolute atomic E-state index is 0.0563. The molecule has 12 heteroatoms. The number of anilines is 1. The number of benzene rings is 3. The number of hydrogen-bond donors (Lipinski definition) is 3. The minimum Gasteiger partial charge on any atom is -0.326 e. The van der Waals surface area contributed by atoms with Crippen molar-refractivity contribution in [2.45, 2.75) is 50.7 Å². The third-order valence-corrected chi connectivity index (χ3v) is 8.89. The van der Waals surface area contributed by atoms with E-state index in [0.29, 0.717) is 42.7 Å². The molecule has 1 amide bonds. The lowest BCUT2D eigenvalue weighted by molar-refractivity contribution is -0.116. The second-order valence-electron chi connectivity index (χ2n) is 10.0. The summed E-state index contributed by atoms with van der Waals surface area (Å²) >= 11 is 0. The number of nitrogens with one attached hydrogen (secondary N) is 3. The van der Waals surface area contributed by atoms with Crippen molar-refractivity contribution >= 4 is 43.6 Å². The molecule has 6 rings (SSSR count). The molecule has 0 radical (unpaired) electrons. The van der Waals surface area contributed by atoms with E-state index in [1.807, 2.05) is 43.3 Å². The molecule has 41 heavy (non-hydrogen) atoms. The van der Waals surface area contributed by atoms with Crippen LogP contribution in [0.1, 0.15) is 36.5 Å². The van der Waals surface area contributed by atoms with Gasteiger partial charge in [0.1, 0.15) is 0 Å². The zero-order chi connectivity index (χ0) is 28.7. The quantitative estimate of drug-likeness (QED) is 0.273. The number of carbonyl (C=O) groups is 1. The van der Waals surface area contributed by atoms with E-state index in [9.17, 15) is 22.8 Å². The number of aryl methyl sites for hydroxylation is 2. The number of fused-ring (bicyclic) bond motifs is 3. The zero-order valence-corrected chi connectivity index (χ0v) is 23.1. The van der Waals surface area contributed by atoms with E-state index in [1.165, 1.54) is 10.6 Å². The van der Waals surface area contributed by atoms with Gasteiger partial charge in [-0.25, -0.2) is 22.9 Å². The summed E-state index contributed by atoms with van der Waals surface area (Å²) in [6.07, 6.45) is 3.23. The third kappa shape index (κ3) is 4.96. The molecule has 0 saturated carbocycles. The molecule has 2 aromatic heterocycles. The average molecular weight is 573 g/mol. The summed E-state index contributed by atoms with van der Waals surface area (Å²) in [5.41, 5.74) is 2.64. The molecule has 0 atom stereocenters. The fraction of sp³-hybridized carbons (Fsp3) is 0.241. The first-order valence-corrected chi connectivity index (χ1v) is 14.8. The third-order valence-electron chi connectivity index (χ3n) is 7.49. The number of aromatic amines is 1. The second kappa shape index (κ2) is 10.5. The Morgan fingerprint density at radius 1 is 0.976 bits per heavy atom. The van der Waals surface area contributed by atoms with Crippen LogP contribution < -0.4 is 21.3 Å². The maximum atomic E-state index is 13.2. The van der Waals surface area contributed by atoms with Crippen molar-refractivity contribution in [2.24, 2.45) is 0 Å². The smallest absolute Gasteiger partial charge is 0.326 e. The molecule has 3 aromatic carbocycles. The summed E-state index contributed by atoms with van der Waals surface area (Å²) in [5, 5.41) is 4.51. The summed E-state index contributed by atoms with van der Waals surface area (Å²) in [5.74, 6) is -0.0710. The van der Waals surface area contributed by atoms with Crippen LogP contribution in [-0.2, 0) is 40.9 Å². The van der Waals surface area contributed by atoms with Crippen LogP contribution >= 0.6 is 0 Å². The molecule has 0 fully saturated rings. The molecule has 0 aliphatic carbocycles. The Bertz CT molecular complexity index is 2060. The number of aromatic nitrogens is 4. The van der Waals surface area contributed by atoms with Crippen molar-refractivity contribution in [1.82, 2.24) is 23.8 Å². The summed E-state index contributed by atoms with van der Waals surface area (Å²) in [6.45, 7) is 2.65. The van der Waals surface area contributed by atoms with Crippen molar-refractivity contribution in [3.8, 4) is 0 Å². The van der Waals surface area contributed by atoms with Gasteiger partial charge in [-0.1, -0.05) is 36.4 Å². The Morgan fingerprint density at radius 3 is 2.51 bits per heavy atom. The molecule has 3 N–H and O–H groups in total. The molecule has 0 saturated heterocycles. The standard InChI is InChI=1S/C29H28N6O5S/c1-2-34-17-30-27-26(34)28(37)33-29(38)35(27)16-20-11-10-19(22-7-3-4-8-23(20)22)15-31-41(39,40)21-12-13-24-18(14-21)6-5-9-25(36)32-24/h3-4,7-8,10-14,17,31H,2,5-6,9,15-16H2,1H3,(H,32,36)(H,33,37,38). The Kier molecular flexibility index (Phi) is 6.80. The molecule has 1 aliphatic heterocycles. The van der Waals surface area contributed by atoms with Gasteiger partial charge >= 0.3 is 5.69 Å². The number of nitrogens with zero attached hydrogens (tertiary/aromatic N) is 3. The maximum absolute atomic E-state index is 13.2. The van der Waals surface area contributed by atoms with E-state index in [4.69, 9.17) is 0 Å². The number of carbonyl (C=O) groups excluding carboxylic acids is 1. The number of hydrogen-bond acceptors (Lipinski definition) is 6. The highest BCUT2D eigenvalue weighted by Crippen LogP contribution is 2.27. The molecule has 5 aromatic rings. The lowest BCUT2D eigenvalue weighted by Crippen LogP contribution is -2.31. The van der Waals surface area contributed by atoms with Crippen LogP contribution in [0, 0.1) is 0 Å². The fourth-order valence-electron chi connectivity index (χ4n) is 5.37. The highest BCUT2D eigenvalue weighted by Gasteiger charge is 2.20. The van der Waals surface area contributed by atoms with E-state index in [-0.39, 0.29) is 23.9 Å². The van der Waals surface area contributed by atoms with Crippen molar-refractivity contribution in [3.05, 3.63) is 98.5 Å². The highest BCUT2D eigenvalue weighted by molar-refractivity contribution is 7.89. The lowest BCUT2D eigenvalue weighted by Gasteiger charge is -2.14. The molecule has 0 unspecified atom stereocenters. The van der Waals surface area contributed by atoms with E-state index < -0.39 is 21.3 Å². The van der Waals surface area contributed by atoms with Crippen LogP contribution in [0.25, 0.3) is 21.9 Å². The van der Waals surface area contributed by atoms with Crippen molar-refractivity contribution in [2.75, 3.05) is 5.32 Å². The molecule has 11 nitrogen and oxygen atoms in total. The molecular weight excluding hydrogens is 544 g/mol. The second-order valence-corrected chi connectivity index (χ2v) is 11.8. The number of amides is 1. The first-order chi connectivity index (χ1) is 19.7. The van der Waals surface area contributed by atoms with Crippen molar-refractivity contribution < 1.29 is 13.2 Å². The first kappa shape index (κ1) is 26.7. The monoisotopic (exact) mass is 572 g/mol. The van der Waals surface area contributed by atoms with Gasteiger partial charge in [0.05, 0.1) is 17.8 Å². The van der Waals surface area contributed by atoms with Gasteiger partial charge in [0.25, 0.3) is 5.56 Å². The fourth-order valence-corrected chi connectivity index (χ4v) is 6.42. The Hall–Kier alpha value is -4.55. The Labute approximate surface area is 234 Å². The van der Waals surface area contributed by atoms with Gasteiger partial charge in [0.15, 0.2) is 11.2 Å². The van der Waals surface area contributed by atoms with Crippen LogP contribution in [0.2, 0.25) is 0 Å². The van der Waals surface area contributed by atoms with Gasteiger partial charge in [-0.15, -0.1) is 0 Å². The predicted octanol–water partition coefficient (Wildman–Crippen LogP) is 2.86. The molecule has 210 valence electrons. The zero-order valence-electron chi connectivity index (χ0n) is 22.3. The van der Waals surface area contributed by atoms with Crippen LogP contribution in [0.4, 0.5) is 5.69 Å². The van der Waals surface area contributed by atoms with Crippen LogP contribution in [0.5, 0.6) is 0 Å². The minimum atomic E-state index is -3.83. The number of sulfonamides is 1. The highest BCUT2D eigenvalue weighted by atomic mass is 32.2.